The van der Waals surface area contributed by atoms with E-state index in [-0.39, 0.29) is 5.56 Å². The highest BCUT2D eigenvalue weighted by molar-refractivity contribution is 5.93. The van der Waals surface area contributed by atoms with Crippen LogP contribution in [0.4, 0.5) is 10.5 Å². The molecule has 0 aliphatic carbocycles. The largest absolute Gasteiger partial charge is 0.478 e. The van der Waals surface area contributed by atoms with Gasteiger partial charge in [-0.25, -0.2) is 9.59 Å². The van der Waals surface area contributed by atoms with Crippen molar-refractivity contribution in [1.29, 1.82) is 0 Å². The Morgan fingerprint density at radius 3 is 2.44 bits per heavy atom. The summed E-state index contributed by atoms with van der Waals surface area (Å²) in [5.41, 5.74) is 2.06. The number of hydrogen-bond donors (Lipinski definition) is 2. The first-order valence-electron chi connectivity index (χ1n) is 4.65. The van der Waals surface area contributed by atoms with E-state index < -0.39 is 12.1 Å². The van der Waals surface area contributed by atoms with Gasteiger partial charge in [0.2, 0.25) is 0 Å². The molecule has 1 rings (SSSR count). The first kappa shape index (κ1) is 12.0. The van der Waals surface area contributed by atoms with Gasteiger partial charge < -0.3 is 9.84 Å². The Morgan fingerprint density at radius 1 is 1.31 bits per heavy atom. The molecule has 0 aromatic heterocycles. The van der Waals surface area contributed by atoms with Gasteiger partial charge in [0.1, 0.15) is 0 Å². The summed E-state index contributed by atoms with van der Waals surface area (Å²) in [6.45, 7) is 3.50. The number of carbonyl (C=O) groups is 2. The Kier molecular flexibility index (Phi) is 3.50. The fourth-order valence-corrected chi connectivity index (χ4v) is 1.32. The molecule has 0 aliphatic rings. The normalized spacial score (nSPS) is 9.69. The number of anilines is 1. The number of carboxylic acids is 1. The van der Waals surface area contributed by atoms with E-state index in [1.807, 2.05) is 0 Å². The Balaban J connectivity index is 3.14. The number of rotatable bonds is 2. The summed E-state index contributed by atoms with van der Waals surface area (Å²) in [5, 5.41) is 11.4. The maximum atomic E-state index is 11.0. The maximum Gasteiger partial charge on any atom is 0.411 e. The molecule has 0 fully saturated rings. The Bertz CT molecular complexity index is 440. The second kappa shape index (κ2) is 4.65. The monoisotopic (exact) mass is 223 g/mol. The van der Waals surface area contributed by atoms with E-state index in [4.69, 9.17) is 5.11 Å². The smallest absolute Gasteiger partial charge is 0.411 e. The minimum atomic E-state index is -1.02. The minimum absolute atomic E-state index is 0.173. The van der Waals surface area contributed by atoms with E-state index in [0.717, 1.165) is 5.56 Å². The van der Waals surface area contributed by atoms with Gasteiger partial charge in [-0.2, -0.15) is 0 Å². The zero-order chi connectivity index (χ0) is 12.3. The van der Waals surface area contributed by atoms with Gasteiger partial charge in [0.25, 0.3) is 0 Å². The number of carbonyl (C=O) groups excluding carboxylic acids is 1. The van der Waals surface area contributed by atoms with Crippen molar-refractivity contribution in [3.05, 3.63) is 28.8 Å². The number of amides is 1. The highest BCUT2D eigenvalue weighted by atomic mass is 16.5. The van der Waals surface area contributed by atoms with Crippen LogP contribution in [0, 0.1) is 13.8 Å². The highest BCUT2D eigenvalue weighted by Crippen LogP contribution is 2.20. The summed E-state index contributed by atoms with van der Waals surface area (Å²) in [5.74, 6) is -1.02. The Hall–Kier alpha value is -2.04. The Morgan fingerprint density at radius 2 is 1.94 bits per heavy atom. The molecule has 0 aliphatic heterocycles. The highest BCUT2D eigenvalue weighted by Gasteiger charge is 2.12. The molecule has 0 heterocycles. The van der Waals surface area contributed by atoms with Gasteiger partial charge in [0.05, 0.1) is 12.7 Å². The molecule has 0 radical (unpaired) electrons. The van der Waals surface area contributed by atoms with Crippen LogP contribution in [0.3, 0.4) is 0 Å². The van der Waals surface area contributed by atoms with Crippen molar-refractivity contribution in [1.82, 2.24) is 0 Å². The molecule has 1 aromatic rings. The second-order valence-electron chi connectivity index (χ2n) is 3.39. The van der Waals surface area contributed by atoms with E-state index >= 15 is 0 Å². The molecule has 0 atom stereocenters. The molecule has 0 unspecified atom stereocenters. The molecule has 0 bridgehead atoms. The van der Waals surface area contributed by atoms with Crippen molar-refractivity contribution in [3.63, 3.8) is 0 Å². The number of aryl methyl sites for hydroxylation is 1. The lowest BCUT2D eigenvalue weighted by atomic mass is 10.0. The standard InChI is InChI=1S/C11H13NO4/c1-6-4-8(12-11(15)16-3)5-9(7(6)2)10(13)14/h4-5H,1-3H3,(H,12,15)(H,13,14). The summed E-state index contributed by atoms with van der Waals surface area (Å²) in [6, 6.07) is 3.10. The summed E-state index contributed by atoms with van der Waals surface area (Å²) in [7, 11) is 1.24. The van der Waals surface area contributed by atoms with Gasteiger partial charge >= 0.3 is 12.1 Å². The van der Waals surface area contributed by atoms with Crippen molar-refractivity contribution in [2.45, 2.75) is 13.8 Å². The molecule has 16 heavy (non-hydrogen) atoms. The van der Waals surface area contributed by atoms with Crippen LogP contribution >= 0.6 is 0 Å². The lowest BCUT2D eigenvalue weighted by Gasteiger charge is -2.09. The SMILES string of the molecule is COC(=O)Nc1cc(C)c(C)c(C(=O)O)c1. The third-order valence-electron chi connectivity index (χ3n) is 2.33. The summed E-state index contributed by atoms with van der Waals surface area (Å²) in [4.78, 5) is 21.9. The fraction of sp³-hybridized carbons (Fsp3) is 0.273. The quantitative estimate of drug-likeness (QED) is 0.805. The number of carboxylic acid groups (broad SMARTS) is 1. The minimum Gasteiger partial charge on any atom is -0.478 e. The zero-order valence-corrected chi connectivity index (χ0v) is 9.33. The average Bonchev–Trinajstić information content (AvgIpc) is 2.22. The van der Waals surface area contributed by atoms with Crippen molar-refractivity contribution >= 4 is 17.7 Å². The Labute approximate surface area is 93.0 Å². The van der Waals surface area contributed by atoms with Crippen molar-refractivity contribution < 1.29 is 19.4 Å². The van der Waals surface area contributed by atoms with E-state index in [2.05, 4.69) is 10.1 Å². The van der Waals surface area contributed by atoms with Gasteiger partial charge in [-0.15, -0.1) is 0 Å². The molecule has 0 saturated heterocycles. The number of ether oxygens (including phenoxy) is 1. The lowest BCUT2D eigenvalue weighted by molar-refractivity contribution is 0.0696. The predicted octanol–water partition coefficient (Wildman–Crippen LogP) is 2.18. The molecule has 5 heteroatoms. The van der Waals surface area contributed by atoms with Crippen LogP contribution in [-0.4, -0.2) is 24.3 Å². The van der Waals surface area contributed by atoms with Crippen LogP contribution < -0.4 is 5.32 Å². The van der Waals surface area contributed by atoms with Crippen molar-refractivity contribution in [2.75, 3.05) is 12.4 Å². The molecular weight excluding hydrogens is 210 g/mol. The van der Waals surface area contributed by atoms with E-state index in [9.17, 15) is 9.59 Å². The second-order valence-corrected chi connectivity index (χ2v) is 3.39. The number of aromatic carboxylic acids is 1. The van der Waals surface area contributed by atoms with Crippen molar-refractivity contribution in [3.8, 4) is 0 Å². The number of methoxy groups -OCH3 is 1. The topological polar surface area (TPSA) is 75.6 Å². The molecular formula is C11H13NO4. The van der Waals surface area contributed by atoms with E-state index in [1.54, 1.807) is 19.9 Å². The molecule has 2 N–H and O–H groups in total. The van der Waals surface area contributed by atoms with Gasteiger partial charge in [-0.3, -0.25) is 5.32 Å². The summed E-state index contributed by atoms with van der Waals surface area (Å²) >= 11 is 0. The maximum absolute atomic E-state index is 11.0. The van der Waals surface area contributed by atoms with Crippen LogP contribution in [0.5, 0.6) is 0 Å². The number of nitrogens with one attached hydrogen (secondary N) is 1. The van der Waals surface area contributed by atoms with E-state index in [1.165, 1.54) is 13.2 Å². The molecule has 86 valence electrons. The van der Waals surface area contributed by atoms with Crippen molar-refractivity contribution in [2.24, 2.45) is 0 Å². The molecule has 0 saturated carbocycles. The van der Waals surface area contributed by atoms with Gasteiger partial charge in [0.15, 0.2) is 0 Å². The van der Waals surface area contributed by atoms with Crippen LogP contribution in [0.2, 0.25) is 0 Å². The molecule has 1 amide bonds. The lowest BCUT2D eigenvalue weighted by Crippen LogP contribution is -2.12. The molecule has 5 nitrogen and oxygen atoms in total. The summed E-state index contributed by atoms with van der Waals surface area (Å²) in [6.07, 6.45) is -0.625. The fourth-order valence-electron chi connectivity index (χ4n) is 1.32. The molecule has 1 aromatic carbocycles. The average molecular weight is 223 g/mol. The van der Waals surface area contributed by atoms with Crippen LogP contribution in [0.15, 0.2) is 12.1 Å². The van der Waals surface area contributed by atoms with Gasteiger partial charge in [-0.05, 0) is 37.1 Å². The van der Waals surface area contributed by atoms with Crippen LogP contribution in [0.1, 0.15) is 21.5 Å². The first-order valence-corrected chi connectivity index (χ1v) is 4.65. The van der Waals surface area contributed by atoms with Gasteiger partial charge in [-0.1, -0.05) is 0 Å². The third kappa shape index (κ3) is 2.50. The van der Waals surface area contributed by atoms with Gasteiger partial charge in [0, 0.05) is 5.69 Å². The third-order valence-corrected chi connectivity index (χ3v) is 2.33. The first-order chi connectivity index (χ1) is 7.45. The summed E-state index contributed by atoms with van der Waals surface area (Å²) < 4.78 is 4.43. The molecule has 0 spiro atoms. The predicted molar refractivity (Wildman–Crippen MR) is 58.9 cm³/mol. The number of benzene rings is 1. The zero-order valence-electron chi connectivity index (χ0n) is 9.33. The van der Waals surface area contributed by atoms with Crippen LogP contribution in [0.25, 0.3) is 0 Å². The number of hydrogen-bond acceptors (Lipinski definition) is 3. The van der Waals surface area contributed by atoms with E-state index in [0.29, 0.717) is 11.3 Å². The van der Waals surface area contributed by atoms with Crippen LogP contribution in [-0.2, 0) is 4.74 Å².